The van der Waals surface area contributed by atoms with E-state index >= 15 is 0 Å². The molecule has 0 aliphatic carbocycles. The van der Waals surface area contributed by atoms with E-state index in [4.69, 9.17) is 10.5 Å². The first-order chi connectivity index (χ1) is 14.7. The average molecular weight is 442 g/mol. The van der Waals surface area contributed by atoms with Crippen LogP contribution >= 0.6 is 0 Å². The molecule has 1 aromatic rings. The Balaban J connectivity index is 0.00000900. The second-order valence-corrected chi connectivity index (χ2v) is 8.77. The Bertz CT molecular complexity index is 509. The second kappa shape index (κ2) is 22.8. The first-order valence-corrected chi connectivity index (χ1v) is 12.7. The van der Waals surface area contributed by atoms with Crippen molar-refractivity contribution >= 4 is 35.5 Å². The van der Waals surface area contributed by atoms with Crippen LogP contribution in [0.25, 0.3) is 0 Å². The third-order valence-corrected chi connectivity index (χ3v) is 5.84. The first kappa shape index (κ1) is 30.6. The minimum absolute atomic E-state index is 0. The van der Waals surface area contributed by atoms with Crippen LogP contribution in [0.2, 0.25) is 0 Å². The predicted molar refractivity (Wildman–Crippen MR) is 136 cm³/mol. The summed E-state index contributed by atoms with van der Waals surface area (Å²) in [6, 6.07) is 9.30. The van der Waals surface area contributed by atoms with Crippen molar-refractivity contribution < 1.29 is 9.53 Å². The molecule has 0 unspecified atom stereocenters. The van der Waals surface area contributed by atoms with Crippen molar-refractivity contribution in [2.75, 3.05) is 6.61 Å². The van der Waals surface area contributed by atoms with E-state index in [-0.39, 0.29) is 35.5 Å². The molecule has 0 fully saturated rings. The number of ether oxygens (including phenoxy) is 1. The zero-order valence-corrected chi connectivity index (χ0v) is 19.6. The second-order valence-electron chi connectivity index (χ2n) is 8.77. The van der Waals surface area contributed by atoms with Crippen molar-refractivity contribution in [3.63, 3.8) is 0 Å². The fraction of sp³-hybridized carbons (Fsp3) is 0.741. The summed E-state index contributed by atoms with van der Waals surface area (Å²) in [6.07, 6.45) is 22.1. The van der Waals surface area contributed by atoms with Crippen LogP contribution in [0.4, 0.5) is 0 Å². The Morgan fingerprint density at radius 1 is 0.742 bits per heavy atom. The van der Waals surface area contributed by atoms with E-state index in [0.717, 1.165) is 18.4 Å². The monoisotopic (exact) mass is 441 g/mol. The van der Waals surface area contributed by atoms with Gasteiger partial charge in [-0.3, -0.25) is 4.79 Å². The van der Waals surface area contributed by atoms with Crippen LogP contribution in [0.3, 0.4) is 0 Å². The summed E-state index contributed by atoms with van der Waals surface area (Å²) < 4.78 is 5.33. The van der Waals surface area contributed by atoms with Crippen molar-refractivity contribution in [1.82, 2.24) is 0 Å². The molecular formula is C27H48NNaO2. The van der Waals surface area contributed by atoms with E-state index in [9.17, 15) is 4.79 Å². The summed E-state index contributed by atoms with van der Waals surface area (Å²) >= 11 is 0. The van der Waals surface area contributed by atoms with Crippen LogP contribution in [0.1, 0.15) is 115 Å². The zero-order valence-electron chi connectivity index (χ0n) is 19.6. The molecule has 0 saturated carbocycles. The van der Waals surface area contributed by atoms with Crippen molar-refractivity contribution in [3.8, 4) is 0 Å². The number of nitrogens with two attached hydrogens (primary N) is 1. The number of carbonyl (C=O) groups excluding carboxylic acids is 1. The first-order valence-electron chi connectivity index (χ1n) is 12.7. The van der Waals surface area contributed by atoms with Gasteiger partial charge in [0.05, 0.1) is 6.61 Å². The fourth-order valence-electron chi connectivity index (χ4n) is 3.88. The minimum atomic E-state index is -0.562. The third kappa shape index (κ3) is 18.9. The molecule has 2 N–H and O–H groups in total. The topological polar surface area (TPSA) is 52.3 Å². The van der Waals surface area contributed by atoms with Gasteiger partial charge in [-0.1, -0.05) is 134 Å². The van der Waals surface area contributed by atoms with Gasteiger partial charge >= 0.3 is 35.5 Å². The summed E-state index contributed by atoms with van der Waals surface area (Å²) in [7, 11) is 0. The maximum absolute atomic E-state index is 12.0. The molecule has 31 heavy (non-hydrogen) atoms. The van der Waals surface area contributed by atoms with E-state index in [1.54, 1.807) is 0 Å². The van der Waals surface area contributed by atoms with Crippen LogP contribution < -0.4 is 5.73 Å². The summed E-state index contributed by atoms with van der Waals surface area (Å²) in [4.78, 5) is 12.0. The summed E-state index contributed by atoms with van der Waals surface area (Å²) in [5, 5.41) is 0. The van der Waals surface area contributed by atoms with Gasteiger partial charge in [-0.25, -0.2) is 0 Å². The zero-order chi connectivity index (χ0) is 21.7. The van der Waals surface area contributed by atoms with Gasteiger partial charge in [0.1, 0.15) is 6.04 Å². The van der Waals surface area contributed by atoms with Gasteiger partial charge in [0, 0.05) is 0 Å². The third-order valence-electron chi connectivity index (χ3n) is 5.84. The fourth-order valence-corrected chi connectivity index (χ4v) is 3.88. The Hall–Kier alpha value is -0.350. The normalized spacial score (nSPS) is 11.7. The molecule has 0 radical (unpaired) electrons. The van der Waals surface area contributed by atoms with Gasteiger partial charge in [0.25, 0.3) is 0 Å². The number of hydrogen-bond donors (Lipinski definition) is 1. The standard InChI is InChI=1S/C27H47NO2.Na.H/c1-2-3-4-5-6-7-8-9-10-11-12-13-14-15-16-20-23-30-27(29)26(28)24-25-21-18-17-19-22-25;;/h17-19,21-22,26H,2-16,20,23-24,28H2,1H3;;/t26-;;/m0../s1. The molecule has 1 aromatic carbocycles. The molecule has 0 aromatic heterocycles. The molecule has 1 rings (SSSR count). The Morgan fingerprint density at radius 2 is 1.16 bits per heavy atom. The SMILES string of the molecule is CCCCCCCCCCCCCCCCCCOC(=O)[C@@H](N)Cc1ccccc1.[NaH]. The van der Waals surface area contributed by atoms with E-state index in [1.807, 2.05) is 30.3 Å². The van der Waals surface area contributed by atoms with Gasteiger partial charge in [-0.15, -0.1) is 0 Å². The van der Waals surface area contributed by atoms with Crippen molar-refractivity contribution in [2.45, 2.75) is 122 Å². The molecule has 0 spiro atoms. The van der Waals surface area contributed by atoms with Gasteiger partial charge < -0.3 is 10.5 Å². The predicted octanol–water partition coefficient (Wildman–Crippen LogP) is 6.71. The molecule has 0 aliphatic rings. The van der Waals surface area contributed by atoms with Gasteiger partial charge in [0.15, 0.2) is 0 Å². The van der Waals surface area contributed by atoms with Crippen LogP contribution in [0.15, 0.2) is 30.3 Å². The average Bonchev–Trinajstić information content (AvgIpc) is 2.76. The Kier molecular flexibility index (Phi) is 22.6. The molecule has 0 amide bonds. The van der Waals surface area contributed by atoms with Crippen LogP contribution in [-0.4, -0.2) is 48.2 Å². The number of benzene rings is 1. The summed E-state index contributed by atoms with van der Waals surface area (Å²) in [5.41, 5.74) is 7.02. The Labute approximate surface area is 214 Å². The summed E-state index contributed by atoms with van der Waals surface area (Å²) in [6.45, 7) is 2.78. The van der Waals surface area contributed by atoms with E-state index in [2.05, 4.69) is 6.92 Å². The van der Waals surface area contributed by atoms with Gasteiger partial charge in [0.2, 0.25) is 0 Å². The molecule has 0 aliphatic heterocycles. The van der Waals surface area contributed by atoms with Crippen LogP contribution in [0, 0.1) is 0 Å². The number of hydrogen-bond acceptors (Lipinski definition) is 3. The maximum atomic E-state index is 12.0. The molecule has 0 bridgehead atoms. The van der Waals surface area contributed by atoms with Gasteiger partial charge in [-0.2, -0.15) is 0 Å². The van der Waals surface area contributed by atoms with E-state index in [1.165, 1.54) is 89.9 Å². The molecule has 174 valence electrons. The van der Waals surface area contributed by atoms with Crippen LogP contribution in [-0.2, 0) is 16.0 Å². The van der Waals surface area contributed by atoms with Crippen molar-refractivity contribution in [2.24, 2.45) is 5.73 Å². The Morgan fingerprint density at radius 3 is 1.61 bits per heavy atom. The molecule has 0 saturated heterocycles. The number of carbonyl (C=O) groups is 1. The van der Waals surface area contributed by atoms with E-state index in [0.29, 0.717) is 13.0 Å². The quantitative estimate of drug-likeness (QED) is 0.139. The van der Waals surface area contributed by atoms with Crippen LogP contribution in [0.5, 0.6) is 0 Å². The summed E-state index contributed by atoms with van der Waals surface area (Å²) in [5.74, 6) is -0.278. The van der Waals surface area contributed by atoms with Crippen molar-refractivity contribution in [1.29, 1.82) is 0 Å². The number of esters is 1. The van der Waals surface area contributed by atoms with Crippen molar-refractivity contribution in [3.05, 3.63) is 35.9 Å². The molecule has 3 nitrogen and oxygen atoms in total. The molecule has 0 heterocycles. The molecule has 1 atom stereocenters. The van der Waals surface area contributed by atoms with Gasteiger partial charge in [-0.05, 0) is 18.4 Å². The molecule has 4 heteroatoms. The molecular weight excluding hydrogens is 393 g/mol. The number of unbranched alkanes of at least 4 members (excludes halogenated alkanes) is 15. The number of rotatable bonds is 20. The van der Waals surface area contributed by atoms with E-state index < -0.39 is 6.04 Å².